The van der Waals surface area contributed by atoms with Gasteiger partial charge in [-0.15, -0.1) is 0 Å². The zero-order valence-electron chi connectivity index (χ0n) is 15.1. The Labute approximate surface area is 153 Å². The molecule has 0 bridgehead atoms. The fourth-order valence-electron chi connectivity index (χ4n) is 4.07. The van der Waals surface area contributed by atoms with E-state index in [-0.39, 0.29) is 5.41 Å². The first kappa shape index (κ1) is 15.2. The summed E-state index contributed by atoms with van der Waals surface area (Å²) in [5.74, 6) is 0. The van der Waals surface area contributed by atoms with Crippen molar-refractivity contribution >= 4 is 38.3 Å². The normalized spacial score (nSPS) is 16.3. The van der Waals surface area contributed by atoms with Crippen molar-refractivity contribution in [3.63, 3.8) is 0 Å². The number of fused-ring (bicyclic) bond motifs is 5. The van der Waals surface area contributed by atoms with E-state index in [1.54, 1.807) is 0 Å². The van der Waals surface area contributed by atoms with Crippen LogP contribution in [0.2, 0.25) is 0 Å². The highest BCUT2D eigenvalue weighted by atomic mass is 15.0. The lowest BCUT2D eigenvalue weighted by molar-refractivity contribution is 0.627. The van der Waals surface area contributed by atoms with Gasteiger partial charge in [0.2, 0.25) is 0 Å². The first-order chi connectivity index (χ1) is 12.6. The van der Waals surface area contributed by atoms with Crippen molar-refractivity contribution in [2.45, 2.75) is 13.8 Å². The zero-order chi connectivity index (χ0) is 17.7. The Balaban J connectivity index is 2.00. The lowest BCUT2D eigenvalue weighted by Crippen LogP contribution is -2.05. The van der Waals surface area contributed by atoms with Crippen LogP contribution in [0.1, 0.15) is 13.8 Å². The van der Waals surface area contributed by atoms with Gasteiger partial charge in [0.1, 0.15) is 0 Å². The van der Waals surface area contributed by atoms with Crippen molar-refractivity contribution < 1.29 is 0 Å². The lowest BCUT2D eigenvalue weighted by Gasteiger charge is -2.17. The van der Waals surface area contributed by atoms with Crippen LogP contribution < -0.4 is 0 Å². The van der Waals surface area contributed by atoms with E-state index in [9.17, 15) is 0 Å². The Bertz CT molecular complexity index is 1250. The van der Waals surface area contributed by atoms with Crippen LogP contribution in [0.15, 0.2) is 91.0 Å². The van der Waals surface area contributed by atoms with Gasteiger partial charge >= 0.3 is 0 Å². The van der Waals surface area contributed by atoms with E-state index in [2.05, 4.69) is 109 Å². The van der Waals surface area contributed by atoms with E-state index in [1.165, 1.54) is 38.3 Å². The molecule has 1 heterocycles. The number of rotatable bonds is 1. The second-order valence-corrected chi connectivity index (χ2v) is 7.64. The third-order valence-corrected chi connectivity index (χ3v) is 5.24. The molecular formula is C25H21N. The molecule has 26 heavy (non-hydrogen) atoms. The highest BCUT2D eigenvalue weighted by Crippen LogP contribution is 2.38. The molecule has 1 aliphatic carbocycles. The molecule has 4 aromatic rings. The number of para-hydroxylation sites is 1. The van der Waals surface area contributed by atoms with Crippen LogP contribution in [0.4, 0.5) is 0 Å². The molecule has 1 aromatic heterocycles. The molecule has 0 saturated heterocycles. The summed E-state index contributed by atoms with van der Waals surface area (Å²) in [6, 6.07) is 21.9. The molecule has 1 aliphatic rings. The van der Waals surface area contributed by atoms with Crippen LogP contribution in [0, 0.1) is 5.41 Å². The quantitative estimate of drug-likeness (QED) is 0.355. The monoisotopic (exact) mass is 335 g/mol. The predicted molar refractivity (Wildman–Crippen MR) is 113 cm³/mol. The van der Waals surface area contributed by atoms with E-state index in [1.807, 2.05) is 0 Å². The van der Waals surface area contributed by atoms with Gasteiger partial charge in [-0.2, -0.15) is 0 Å². The summed E-state index contributed by atoms with van der Waals surface area (Å²) >= 11 is 0. The number of hydrogen-bond acceptors (Lipinski definition) is 0. The van der Waals surface area contributed by atoms with Gasteiger partial charge in [-0.25, -0.2) is 0 Å². The summed E-state index contributed by atoms with van der Waals surface area (Å²) in [5, 5.41) is 5.19. The first-order valence-corrected chi connectivity index (χ1v) is 9.14. The van der Waals surface area contributed by atoms with Gasteiger partial charge < -0.3 is 4.57 Å². The van der Waals surface area contributed by atoms with Crippen LogP contribution in [-0.2, 0) is 0 Å². The van der Waals surface area contributed by atoms with Gasteiger partial charge in [0.25, 0.3) is 0 Å². The predicted octanol–water partition coefficient (Wildman–Crippen LogP) is 6.94. The molecule has 0 radical (unpaired) electrons. The maximum absolute atomic E-state index is 2.43. The van der Waals surface area contributed by atoms with E-state index in [0.29, 0.717) is 0 Å². The van der Waals surface area contributed by atoms with Gasteiger partial charge in [0.05, 0.1) is 11.0 Å². The number of allylic oxidation sites excluding steroid dienone is 6. The van der Waals surface area contributed by atoms with Gasteiger partial charge in [0.15, 0.2) is 0 Å². The Morgan fingerprint density at radius 1 is 0.731 bits per heavy atom. The summed E-state index contributed by atoms with van der Waals surface area (Å²) in [6.07, 6.45) is 11.1. The van der Waals surface area contributed by atoms with Crippen molar-refractivity contribution in [1.82, 2.24) is 4.57 Å². The van der Waals surface area contributed by atoms with E-state index in [4.69, 9.17) is 0 Å². The van der Waals surface area contributed by atoms with Gasteiger partial charge in [0, 0.05) is 27.3 Å². The molecular weight excluding hydrogens is 314 g/mol. The lowest BCUT2D eigenvalue weighted by atomic mass is 9.92. The van der Waals surface area contributed by atoms with Crippen molar-refractivity contribution in [2.24, 2.45) is 5.41 Å². The van der Waals surface area contributed by atoms with Crippen LogP contribution in [0.5, 0.6) is 0 Å². The third kappa shape index (κ3) is 2.24. The minimum Gasteiger partial charge on any atom is -0.309 e. The second kappa shape index (κ2) is 5.47. The Morgan fingerprint density at radius 2 is 1.50 bits per heavy atom. The number of hydrogen-bond donors (Lipinski definition) is 0. The van der Waals surface area contributed by atoms with Crippen molar-refractivity contribution in [3.8, 4) is 0 Å². The SMILES string of the molecule is CC1(C)C=CC=CC(n2c3ccccc3c3ccc4ccccc4c32)=C1. The first-order valence-electron chi connectivity index (χ1n) is 9.14. The molecule has 3 aromatic carbocycles. The van der Waals surface area contributed by atoms with Crippen LogP contribution in [-0.4, -0.2) is 4.57 Å². The average molecular weight is 335 g/mol. The zero-order valence-corrected chi connectivity index (χ0v) is 15.1. The molecule has 126 valence electrons. The van der Waals surface area contributed by atoms with E-state index in [0.717, 1.165) is 0 Å². The largest absolute Gasteiger partial charge is 0.309 e. The smallest absolute Gasteiger partial charge is 0.0619 e. The minimum atomic E-state index is 0.0150. The summed E-state index contributed by atoms with van der Waals surface area (Å²) in [5.41, 5.74) is 3.79. The Morgan fingerprint density at radius 3 is 2.38 bits per heavy atom. The van der Waals surface area contributed by atoms with Crippen molar-refractivity contribution in [1.29, 1.82) is 0 Å². The number of aromatic nitrogens is 1. The molecule has 0 spiro atoms. The molecule has 1 nitrogen and oxygen atoms in total. The van der Waals surface area contributed by atoms with Crippen LogP contribution >= 0.6 is 0 Å². The maximum atomic E-state index is 2.43. The summed E-state index contributed by atoms with van der Waals surface area (Å²) in [7, 11) is 0. The topological polar surface area (TPSA) is 4.93 Å². The minimum absolute atomic E-state index is 0.0150. The summed E-state index contributed by atoms with van der Waals surface area (Å²) in [6.45, 7) is 4.50. The summed E-state index contributed by atoms with van der Waals surface area (Å²) in [4.78, 5) is 0. The van der Waals surface area contributed by atoms with Gasteiger partial charge in [-0.05, 0) is 17.5 Å². The number of nitrogens with zero attached hydrogens (tertiary/aromatic N) is 1. The van der Waals surface area contributed by atoms with Crippen molar-refractivity contribution in [3.05, 3.63) is 91.0 Å². The molecule has 0 N–H and O–H groups in total. The van der Waals surface area contributed by atoms with Crippen LogP contribution in [0.3, 0.4) is 0 Å². The number of benzene rings is 3. The van der Waals surface area contributed by atoms with Gasteiger partial charge in [-0.3, -0.25) is 0 Å². The third-order valence-electron chi connectivity index (χ3n) is 5.24. The molecule has 0 amide bonds. The average Bonchev–Trinajstić information content (AvgIpc) is 2.88. The second-order valence-electron chi connectivity index (χ2n) is 7.64. The molecule has 0 aliphatic heterocycles. The summed E-state index contributed by atoms with van der Waals surface area (Å²) < 4.78 is 2.43. The highest BCUT2D eigenvalue weighted by molar-refractivity contribution is 6.19. The fraction of sp³-hybridized carbons (Fsp3) is 0.120. The molecule has 0 fully saturated rings. The molecule has 0 unspecified atom stereocenters. The fourth-order valence-corrected chi connectivity index (χ4v) is 4.07. The maximum Gasteiger partial charge on any atom is 0.0619 e. The molecule has 1 heteroatoms. The van der Waals surface area contributed by atoms with E-state index >= 15 is 0 Å². The molecule has 5 rings (SSSR count). The van der Waals surface area contributed by atoms with Crippen molar-refractivity contribution in [2.75, 3.05) is 0 Å². The highest BCUT2D eigenvalue weighted by Gasteiger charge is 2.18. The van der Waals surface area contributed by atoms with Gasteiger partial charge in [-0.1, -0.05) is 92.7 Å². The molecule has 0 atom stereocenters. The van der Waals surface area contributed by atoms with E-state index < -0.39 is 0 Å². The Kier molecular flexibility index (Phi) is 3.20. The Hall–Kier alpha value is -3.06. The molecule has 0 saturated carbocycles. The standard InChI is InChI=1S/C25H21N/c1-25(2)16-8-7-10-19(17-25)26-23-13-6-5-12-21(23)22-15-14-18-9-3-4-11-20(18)24(22)26/h3-17H,1-2H3. The van der Waals surface area contributed by atoms with Crippen LogP contribution in [0.25, 0.3) is 38.3 Å².